The number of benzene rings is 1. The minimum Gasteiger partial charge on any atom is -0.542 e. The molecule has 0 amide bonds. The molecule has 0 aliphatic heterocycles. The smallest absolute Gasteiger partial charge is 0.542 e. The summed E-state index contributed by atoms with van der Waals surface area (Å²) in [7, 11) is 0. The molecule has 0 aliphatic rings. The Balaban J connectivity index is 0.00000147. The summed E-state index contributed by atoms with van der Waals surface area (Å²) < 4.78 is 1.97. The summed E-state index contributed by atoms with van der Waals surface area (Å²) in [5.41, 5.74) is 2.34. The van der Waals surface area contributed by atoms with Gasteiger partial charge in [-0.1, -0.05) is 6.07 Å². The number of nitrogens with zero attached hydrogens (tertiary/aromatic N) is 3. The van der Waals surface area contributed by atoms with Crippen LogP contribution in [-0.2, 0) is 0 Å². The van der Waals surface area contributed by atoms with Gasteiger partial charge in [-0.3, -0.25) is 0 Å². The number of carboxylic acid groups (broad SMARTS) is 1. The van der Waals surface area contributed by atoms with Crippen molar-refractivity contribution < 1.29 is 39.5 Å². The molecule has 0 fully saturated rings. The fraction of sp³-hybridized carbons (Fsp3) is 0.154. The Hall–Kier alpha value is -1.63. The van der Waals surface area contributed by atoms with Crippen molar-refractivity contribution in [1.29, 1.82) is 0 Å². The molecule has 1 unspecified atom stereocenters. The third-order valence-electron chi connectivity index (χ3n) is 3.15. The van der Waals surface area contributed by atoms with Crippen molar-refractivity contribution >= 4 is 17.0 Å². The predicted octanol–water partition coefficient (Wildman–Crippen LogP) is -2.26. The summed E-state index contributed by atoms with van der Waals surface area (Å²) in [5, 5.41) is 10.8. The zero-order valence-electron chi connectivity index (χ0n) is 11.2. The molecule has 3 rings (SSSR count). The van der Waals surface area contributed by atoms with Gasteiger partial charge in [0.2, 0.25) is 0 Å². The summed E-state index contributed by atoms with van der Waals surface area (Å²) in [4.78, 5) is 21.5. The number of carbonyl (C=O) groups is 1. The van der Waals surface area contributed by atoms with Gasteiger partial charge in [0, 0.05) is 12.4 Å². The van der Waals surface area contributed by atoms with Gasteiger partial charge in [-0.05, 0) is 24.6 Å². The molecule has 7 heteroatoms. The molecule has 1 aromatic carbocycles. The Morgan fingerprint density at radius 1 is 1.45 bits per heavy atom. The third-order valence-corrected chi connectivity index (χ3v) is 3.15. The molecule has 3 aromatic rings. The van der Waals surface area contributed by atoms with Gasteiger partial charge in [0.1, 0.15) is 5.97 Å². The first kappa shape index (κ1) is 14.8. The Bertz CT molecular complexity index is 736. The number of aromatic carboxylic acids is 1. The molecule has 0 radical (unpaired) electrons. The fourth-order valence-electron chi connectivity index (χ4n) is 2.05. The molecule has 2 heterocycles. The minimum atomic E-state index is -1.31. The van der Waals surface area contributed by atoms with Crippen LogP contribution in [-0.4, -0.2) is 25.5 Å². The van der Waals surface area contributed by atoms with Crippen LogP contribution in [0.5, 0.6) is 0 Å². The monoisotopic (exact) mass is 278 g/mol. The molecule has 2 aromatic heterocycles. The normalized spacial score (nSPS) is 12.1. The Morgan fingerprint density at radius 2 is 2.25 bits per heavy atom. The number of carbonyl (C=O) groups excluding carboxylic acids is 1. The van der Waals surface area contributed by atoms with Crippen molar-refractivity contribution in [1.82, 2.24) is 19.5 Å². The molecule has 96 valence electrons. The van der Waals surface area contributed by atoms with E-state index in [9.17, 15) is 9.90 Å². The second kappa shape index (κ2) is 5.78. The van der Waals surface area contributed by atoms with Gasteiger partial charge in [0.05, 0.1) is 23.4 Å². The van der Waals surface area contributed by atoms with Crippen LogP contribution in [0.1, 0.15) is 29.1 Å². The zero-order valence-corrected chi connectivity index (χ0v) is 13.2. The number of hydrogen-bond acceptors (Lipinski definition) is 4. The van der Waals surface area contributed by atoms with Gasteiger partial charge in [-0.25, -0.2) is 9.97 Å². The standard InChI is InChI=1S/C13H12N4O2.Na/c1-8(17-5-4-14-7-17)9-2-3-10-11(6-9)16-12(15-10)13(18)19;/h2-8H,1H3,(H,15,16)(H,18,19);/q;+1/p-1. The first-order valence-corrected chi connectivity index (χ1v) is 5.83. The maximum absolute atomic E-state index is 10.8. The number of aromatic nitrogens is 4. The van der Waals surface area contributed by atoms with E-state index in [0.29, 0.717) is 11.0 Å². The molecule has 0 bridgehead atoms. The van der Waals surface area contributed by atoms with E-state index in [0.717, 1.165) is 5.56 Å². The number of H-pyrrole nitrogens is 1. The minimum absolute atomic E-state index is 0. The summed E-state index contributed by atoms with van der Waals surface area (Å²) in [6.07, 6.45) is 5.35. The van der Waals surface area contributed by atoms with Crippen molar-refractivity contribution in [3.63, 3.8) is 0 Å². The van der Waals surface area contributed by atoms with E-state index in [2.05, 4.69) is 15.0 Å². The quantitative estimate of drug-likeness (QED) is 0.548. The number of rotatable bonds is 3. The second-order valence-electron chi connectivity index (χ2n) is 4.34. The maximum Gasteiger partial charge on any atom is 1.00 e. The molecule has 0 aliphatic carbocycles. The van der Waals surface area contributed by atoms with Crippen molar-refractivity contribution in [3.8, 4) is 0 Å². The summed E-state index contributed by atoms with van der Waals surface area (Å²) in [5.74, 6) is -1.46. The van der Waals surface area contributed by atoms with E-state index in [-0.39, 0.29) is 41.4 Å². The second-order valence-corrected chi connectivity index (χ2v) is 4.34. The Kier molecular flexibility index (Phi) is 4.27. The van der Waals surface area contributed by atoms with E-state index in [1.807, 2.05) is 29.8 Å². The van der Waals surface area contributed by atoms with Crippen LogP contribution in [0, 0.1) is 0 Å². The van der Waals surface area contributed by atoms with Crippen LogP contribution in [0.4, 0.5) is 0 Å². The van der Waals surface area contributed by atoms with Gasteiger partial charge in [-0.2, -0.15) is 0 Å². The third kappa shape index (κ3) is 2.63. The Labute approximate surface area is 137 Å². The van der Waals surface area contributed by atoms with Crippen LogP contribution < -0.4 is 34.7 Å². The SMILES string of the molecule is CC(c1ccc2nc(C(=O)[O-])[nH]c2c1)n1ccnc1.[Na+]. The molecule has 20 heavy (non-hydrogen) atoms. The predicted molar refractivity (Wildman–Crippen MR) is 66.5 cm³/mol. The summed E-state index contributed by atoms with van der Waals surface area (Å²) in [6.45, 7) is 2.04. The van der Waals surface area contributed by atoms with Gasteiger partial charge in [0.25, 0.3) is 0 Å². The topological polar surface area (TPSA) is 86.6 Å². The first-order valence-electron chi connectivity index (χ1n) is 5.83. The number of imidazole rings is 2. The van der Waals surface area contributed by atoms with Crippen LogP contribution in [0.3, 0.4) is 0 Å². The molecule has 0 saturated carbocycles. The molecule has 0 spiro atoms. The van der Waals surface area contributed by atoms with Crippen LogP contribution in [0.25, 0.3) is 11.0 Å². The average molecular weight is 278 g/mol. The maximum atomic E-state index is 10.8. The van der Waals surface area contributed by atoms with Gasteiger partial charge < -0.3 is 19.5 Å². The molecule has 6 nitrogen and oxygen atoms in total. The van der Waals surface area contributed by atoms with E-state index in [4.69, 9.17) is 0 Å². The summed E-state index contributed by atoms with van der Waals surface area (Å²) in [6, 6.07) is 5.72. The number of nitrogens with one attached hydrogen (secondary N) is 1. The fourth-order valence-corrected chi connectivity index (χ4v) is 2.05. The average Bonchev–Trinajstić information content (AvgIpc) is 3.06. The van der Waals surface area contributed by atoms with E-state index in [1.54, 1.807) is 18.6 Å². The molecule has 1 N–H and O–H groups in total. The van der Waals surface area contributed by atoms with Crippen molar-refractivity contribution in [2.75, 3.05) is 0 Å². The van der Waals surface area contributed by atoms with Crippen molar-refractivity contribution in [3.05, 3.63) is 48.3 Å². The number of hydrogen-bond donors (Lipinski definition) is 1. The Morgan fingerprint density at radius 3 is 2.90 bits per heavy atom. The molecular weight excluding hydrogens is 267 g/mol. The van der Waals surface area contributed by atoms with E-state index >= 15 is 0 Å². The number of carboxylic acids is 1. The molecular formula is C13H11N4NaO2. The number of aromatic amines is 1. The summed E-state index contributed by atoms with van der Waals surface area (Å²) >= 11 is 0. The number of fused-ring (bicyclic) bond motifs is 1. The zero-order chi connectivity index (χ0) is 13.4. The molecule has 0 saturated heterocycles. The van der Waals surface area contributed by atoms with E-state index in [1.165, 1.54) is 0 Å². The van der Waals surface area contributed by atoms with Crippen LogP contribution >= 0.6 is 0 Å². The molecule has 1 atom stereocenters. The van der Waals surface area contributed by atoms with Crippen LogP contribution in [0.2, 0.25) is 0 Å². The first-order chi connectivity index (χ1) is 9.15. The van der Waals surface area contributed by atoms with Gasteiger partial charge in [-0.15, -0.1) is 0 Å². The van der Waals surface area contributed by atoms with Crippen molar-refractivity contribution in [2.24, 2.45) is 0 Å². The largest absolute Gasteiger partial charge is 1.00 e. The van der Waals surface area contributed by atoms with Gasteiger partial charge >= 0.3 is 29.6 Å². The van der Waals surface area contributed by atoms with Crippen LogP contribution in [0.15, 0.2) is 36.9 Å². The van der Waals surface area contributed by atoms with Crippen molar-refractivity contribution in [2.45, 2.75) is 13.0 Å². The van der Waals surface area contributed by atoms with E-state index < -0.39 is 5.97 Å². The van der Waals surface area contributed by atoms with Gasteiger partial charge in [0.15, 0.2) is 5.82 Å².